The Morgan fingerprint density at radius 2 is 2.21 bits per heavy atom. The van der Waals surface area contributed by atoms with Crippen LogP contribution in [-0.4, -0.2) is 18.2 Å². The maximum absolute atomic E-state index is 13.5. The second kappa shape index (κ2) is 7.17. The van der Waals surface area contributed by atoms with E-state index in [-0.39, 0.29) is 23.6 Å². The molecule has 0 amide bonds. The highest BCUT2D eigenvalue weighted by Gasteiger charge is 2.15. The van der Waals surface area contributed by atoms with Crippen molar-refractivity contribution in [2.75, 3.05) is 7.11 Å². The van der Waals surface area contributed by atoms with Crippen molar-refractivity contribution in [3.63, 3.8) is 0 Å². The van der Waals surface area contributed by atoms with Crippen molar-refractivity contribution in [1.82, 2.24) is 0 Å². The fourth-order valence-electron chi connectivity index (χ4n) is 1.15. The van der Waals surface area contributed by atoms with E-state index in [1.807, 2.05) is 22.6 Å². The Morgan fingerprint density at radius 3 is 2.74 bits per heavy atom. The Hall–Kier alpha value is -1.51. The standard InChI is InChI=1S/C12H12FIN2O3/c1-3-10(17)11(12(18)19-2)16-15-9-5-4-7(14)6-8(9)13/h4-6,17H,3H2,1-2H3. The van der Waals surface area contributed by atoms with Gasteiger partial charge in [-0.25, -0.2) is 9.18 Å². The Kier molecular flexibility index (Phi) is 5.87. The van der Waals surface area contributed by atoms with E-state index >= 15 is 0 Å². The summed E-state index contributed by atoms with van der Waals surface area (Å²) in [6.45, 7) is 1.64. The van der Waals surface area contributed by atoms with Crippen molar-refractivity contribution >= 4 is 34.2 Å². The van der Waals surface area contributed by atoms with E-state index in [9.17, 15) is 14.3 Å². The van der Waals surface area contributed by atoms with Crippen molar-refractivity contribution in [2.45, 2.75) is 13.3 Å². The van der Waals surface area contributed by atoms with Gasteiger partial charge in [-0.1, -0.05) is 6.92 Å². The van der Waals surface area contributed by atoms with E-state index < -0.39 is 11.8 Å². The van der Waals surface area contributed by atoms with Crippen LogP contribution in [0.1, 0.15) is 13.3 Å². The molecule has 1 aromatic rings. The van der Waals surface area contributed by atoms with Gasteiger partial charge >= 0.3 is 5.97 Å². The number of nitrogens with zero attached hydrogens (tertiary/aromatic N) is 2. The predicted molar refractivity (Wildman–Crippen MR) is 75.6 cm³/mol. The summed E-state index contributed by atoms with van der Waals surface area (Å²) in [6.07, 6.45) is 0.193. The molecule has 1 aromatic carbocycles. The number of benzene rings is 1. The Morgan fingerprint density at radius 1 is 1.53 bits per heavy atom. The number of aliphatic hydroxyl groups excluding tert-OH is 1. The van der Waals surface area contributed by atoms with Gasteiger partial charge in [-0.2, -0.15) is 0 Å². The summed E-state index contributed by atoms with van der Waals surface area (Å²) in [6, 6.07) is 4.37. The normalized spacial score (nSPS) is 12.4. The summed E-state index contributed by atoms with van der Waals surface area (Å²) in [5.41, 5.74) is -0.353. The van der Waals surface area contributed by atoms with Gasteiger partial charge in [0.1, 0.15) is 11.4 Å². The first-order valence-corrected chi connectivity index (χ1v) is 6.44. The first-order chi connectivity index (χ1) is 8.99. The minimum Gasteiger partial charge on any atom is -0.510 e. The van der Waals surface area contributed by atoms with Crippen LogP contribution in [0.25, 0.3) is 0 Å². The second-order valence-electron chi connectivity index (χ2n) is 3.44. The summed E-state index contributed by atoms with van der Waals surface area (Å²) in [4.78, 5) is 11.4. The van der Waals surface area contributed by atoms with E-state index in [0.717, 1.165) is 7.11 Å². The number of allylic oxidation sites excluding steroid dienone is 1. The second-order valence-corrected chi connectivity index (χ2v) is 4.68. The number of halogens is 2. The number of hydrogen-bond donors (Lipinski definition) is 1. The van der Waals surface area contributed by atoms with Crippen LogP contribution < -0.4 is 0 Å². The average molecular weight is 378 g/mol. The van der Waals surface area contributed by atoms with Crippen molar-refractivity contribution in [2.24, 2.45) is 10.2 Å². The zero-order valence-electron chi connectivity index (χ0n) is 10.4. The molecule has 0 heterocycles. The highest BCUT2D eigenvalue weighted by atomic mass is 127. The van der Waals surface area contributed by atoms with Crippen LogP contribution in [-0.2, 0) is 9.53 Å². The predicted octanol–water partition coefficient (Wildman–Crippen LogP) is 3.87. The molecule has 0 aromatic heterocycles. The van der Waals surface area contributed by atoms with Crippen LogP contribution in [0.4, 0.5) is 10.1 Å². The van der Waals surface area contributed by atoms with Gasteiger partial charge in [0.15, 0.2) is 5.82 Å². The van der Waals surface area contributed by atoms with Gasteiger partial charge < -0.3 is 9.84 Å². The monoisotopic (exact) mass is 378 g/mol. The molecule has 0 aliphatic heterocycles. The number of esters is 1. The summed E-state index contributed by atoms with van der Waals surface area (Å²) < 4.78 is 18.7. The molecule has 5 nitrogen and oxygen atoms in total. The fourth-order valence-corrected chi connectivity index (χ4v) is 1.60. The molecule has 0 spiro atoms. The minimum atomic E-state index is -0.825. The van der Waals surface area contributed by atoms with Crippen LogP contribution in [0.3, 0.4) is 0 Å². The number of ether oxygens (including phenoxy) is 1. The molecule has 0 radical (unpaired) electrons. The lowest BCUT2D eigenvalue weighted by Crippen LogP contribution is -2.05. The van der Waals surface area contributed by atoms with E-state index in [2.05, 4.69) is 15.0 Å². The van der Waals surface area contributed by atoms with Crippen LogP contribution in [0.15, 0.2) is 39.9 Å². The number of azo groups is 1. The molecule has 0 bridgehead atoms. The quantitative estimate of drug-likeness (QED) is 0.284. The molecule has 0 atom stereocenters. The smallest absolute Gasteiger partial charge is 0.362 e. The van der Waals surface area contributed by atoms with Gasteiger partial charge in [0, 0.05) is 9.99 Å². The van der Waals surface area contributed by atoms with E-state index in [0.29, 0.717) is 3.57 Å². The van der Waals surface area contributed by atoms with Gasteiger partial charge in [0.2, 0.25) is 5.70 Å². The lowest BCUT2D eigenvalue weighted by Gasteiger charge is -2.02. The summed E-state index contributed by atoms with van der Waals surface area (Å²) >= 11 is 1.96. The van der Waals surface area contributed by atoms with E-state index in [1.54, 1.807) is 13.0 Å². The highest BCUT2D eigenvalue weighted by molar-refractivity contribution is 14.1. The maximum atomic E-state index is 13.5. The van der Waals surface area contributed by atoms with Gasteiger partial charge in [0.25, 0.3) is 0 Å². The summed E-state index contributed by atoms with van der Waals surface area (Å²) in [5.74, 6) is -1.65. The molecular formula is C12H12FIN2O3. The highest BCUT2D eigenvalue weighted by Crippen LogP contribution is 2.22. The van der Waals surface area contributed by atoms with Crippen LogP contribution in [0, 0.1) is 9.39 Å². The lowest BCUT2D eigenvalue weighted by molar-refractivity contribution is -0.136. The van der Waals surface area contributed by atoms with E-state index in [1.165, 1.54) is 12.1 Å². The zero-order valence-corrected chi connectivity index (χ0v) is 12.5. The number of methoxy groups -OCH3 is 1. The molecule has 0 unspecified atom stereocenters. The van der Waals surface area contributed by atoms with Crippen LogP contribution in [0.5, 0.6) is 0 Å². The Labute approximate surface area is 123 Å². The van der Waals surface area contributed by atoms with Gasteiger partial charge in [-0.05, 0) is 40.8 Å². The zero-order chi connectivity index (χ0) is 14.4. The van der Waals surface area contributed by atoms with Crippen LogP contribution in [0.2, 0.25) is 0 Å². The third-order valence-corrected chi connectivity index (χ3v) is 2.83. The molecule has 1 rings (SSSR count). The van der Waals surface area contributed by atoms with Crippen molar-refractivity contribution in [3.05, 3.63) is 39.0 Å². The third-order valence-electron chi connectivity index (χ3n) is 2.15. The molecule has 19 heavy (non-hydrogen) atoms. The number of aliphatic hydroxyl groups is 1. The molecule has 0 fully saturated rings. The number of hydrogen-bond acceptors (Lipinski definition) is 5. The number of rotatable bonds is 4. The fraction of sp³-hybridized carbons (Fsp3) is 0.250. The third kappa shape index (κ3) is 4.27. The maximum Gasteiger partial charge on any atom is 0.362 e. The lowest BCUT2D eigenvalue weighted by atomic mass is 10.3. The Balaban J connectivity index is 3.09. The van der Waals surface area contributed by atoms with Crippen molar-refractivity contribution in [3.8, 4) is 0 Å². The van der Waals surface area contributed by atoms with Crippen molar-refractivity contribution < 1.29 is 19.0 Å². The topological polar surface area (TPSA) is 71.2 Å². The molecule has 1 N–H and O–H groups in total. The van der Waals surface area contributed by atoms with Crippen molar-refractivity contribution in [1.29, 1.82) is 0 Å². The SMILES string of the molecule is CCC(O)=C(N=Nc1ccc(I)cc1F)C(=O)OC. The number of carbonyl (C=O) groups is 1. The first-order valence-electron chi connectivity index (χ1n) is 5.36. The van der Waals surface area contributed by atoms with Crippen LogP contribution >= 0.6 is 22.6 Å². The largest absolute Gasteiger partial charge is 0.510 e. The molecule has 0 saturated heterocycles. The van der Waals surface area contributed by atoms with E-state index in [4.69, 9.17) is 0 Å². The molecule has 0 aliphatic rings. The summed E-state index contributed by atoms with van der Waals surface area (Å²) in [7, 11) is 1.16. The molecular weight excluding hydrogens is 366 g/mol. The average Bonchev–Trinajstić information content (AvgIpc) is 2.40. The Bertz CT molecular complexity index is 544. The minimum absolute atomic E-state index is 0.0225. The molecule has 0 saturated carbocycles. The van der Waals surface area contributed by atoms with Gasteiger partial charge in [-0.3, -0.25) is 0 Å². The summed E-state index contributed by atoms with van der Waals surface area (Å²) in [5, 5.41) is 16.7. The van der Waals surface area contributed by atoms with Gasteiger partial charge in [-0.15, -0.1) is 10.2 Å². The number of carbonyl (C=O) groups excluding carboxylic acids is 1. The van der Waals surface area contributed by atoms with Gasteiger partial charge in [0.05, 0.1) is 7.11 Å². The molecule has 0 aliphatic carbocycles. The molecule has 7 heteroatoms. The molecule has 102 valence electrons. The first kappa shape index (κ1) is 15.5.